The third-order valence-electron chi connectivity index (χ3n) is 5.45. The first-order chi connectivity index (χ1) is 15.0. The van der Waals surface area contributed by atoms with Gasteiger partial charge in [0.1, 0.15) is 18.1 Å². The van der Waals surface area contributed by atoms with Gasteiger partial charge >= 0.3 is 0 Å². The van der Waals surface area contributed by atoms with Crippen molar-refractivity contribution in [1.82, 2.24) is 10.3 Å². The minimum atomic E-state index is -2.96. The van der Waals surface area contributed by atoms with Gasteiger partial charge in [0, 0.05) is 42.3 Å². The standard InChI is InChI=1S/C23H27N3O4S/c1-24-9-12-30-18-5-3-17(4-6-18)21-16-23(26-10-13-31(27,28)14-11-26)20-8-7-19(29-2)15-22(20)25-21/h3-8,15-16,24H,9-14H2,1-2H3. The maximum absolute atomic E-state index is 11.9. The molecule has 31 heavy (non-hydrogen) atoms. The summed E-state index contributed by atoms with van der Waals surface area (Å²) in [5.74, 6) is 1.88. The number of nitrogens with zero attached hydrogens (tertiary/aromatic N) is 2. The Morgan fingerprint density at radius 2 is 1.74 bits per heavy atom. The number of methoxy groups -OCH3 is 1. The van der Waals surface area contributed by atoms with E-state index in [-0.39, 0.29) is 11.5 Å². The molecule has 0 spiro atoms. The SMILES string of the molecule is CNCCOc1ccc(-c2cc(N3CCS(=O)(=O)CC3)c3ccc(OC)cc3n2)cc1. The van der Waals surface area contributed by atoms with Crippen LogP contribution < -0.4 is 19.7 Å². The van der Waals surface area contributed by atoms with Gasteiger partial charge in [-0.15, -0.1) is 0 Å². The lowest BCUT2D eigenvalue weighted by molar-refractivity contribution is 0.318. The van der Waals surface area contributed by atoms with Crippen molar-refractivity contribution in [2.24, 2.45) is 0 Å². The average Bonchev–Trinajstić information content (AvgIpc) is 2.78. The first kappa shape index (κ1) is 21.4. The van der Waals surface area contributed by atoms with Gasteiger partial charge in [0.15, 0.2) is 9.84 Å². The normalized spacial score (nSPS) is 15.7. The van der Waals surface area contributed by atoms with E-state index >= 15 is 0 Å². The molecule has 1 aromatic heterocycles. The van der Waals surface area contributed by atoms with E-state index in [2.05, 4.69) is 10.2 Å². The lowest BCUT2D eigenvalue weighted by Gasteiger charge is -2.30. The number of sulfone groups is 1. The van der Waals surface area contributed by atoms with Gasteiger partial charge in [-0.2, -0.15) is 0 Å². The topological polar surface area (TPSA) is 80.8 Å². The maximum atomic E-state index is 11.9. The first-order valence-corrected chi connectivity index (χ1v) is 12.1. The second-order valence-electron chi connectivity index (χ2n) is 7.52. The molecule has 0 bridgehead atoms. The van der Waals surface area contributed by atoms with Gasteiger partial charge < -0.3 is 19.7 Å². The van der Waals surface area contributed by atoms with Gasteiger partial charge in [0.05, 0.1) is 29.8 Å². The number of fused-ring (bicyclic) bond motifs is 1. The molecule has 8 heteroatoms. The highest BCUT2D eigenvalue weighted by Gasteiger charge is 2.24. The molecule has 1 saturated heterocycles. The molecule has 0 atom stereocenters. The third kappa shape index (κ3) is 4.91. The molecule has 0 aliphatic carbocycles. The van der Waals surface area contributed by atoms with E-state index in [9.17, 15) is 8.42 Å². The van der Waals surface area contributed by atoms with Crippen molar-refractivity contribution in [2.75, 3.05) is 56.8 Å². The number of hydrogen-bond acceptors (Lipinski definition) is 7. The maximum Gasteiger partial charge on any atom is 0.153 e. The number of ether oxygens (including phenoxy) is 2. The molecule has 0 saturated carbocycles. The van der Waals surface area contributed by atoms with E-state index < -0.39 is 9.84 Å². The van der Waals surface area contributed by atoms with Crippen LogP contribution >= 0.6 is 0 Å². The van der Waals surface area contributed by atoms with Crippen molar-refractivity contribution >= 4 is 26.4 Å². The van der Waals surface area contributed by atoms with Crippen LogP contribution in [0.1, 0.15) is 0 Å². The molecule has 1 fully saturated rings. The minimum Gasteiger partial charge on any atom is -0.497 e. The fourth-order valence-electron chi connectivity index (χ4n) is 3.67. The predicted octanol–water partition coefficient (Wildman–Crippen LogP) is 2.74. The van der Waals surface area contributed by atoms with Gasteiger partial charge in [-0.25, -0.2) is 13.4 Å². The molecule has 1 N–H and O–H groups in total. The Morgan fingerprint density at radius 1 is 1.03 bits per heavy atom. The number of anilines is 1. The first-order valence-electron chi connectivity index (χ1n) is 10.3. The molecule has 0 unspecified atom stereocenters. The smallest absolute Gasteiger partial charge is 0.153 e. The van der Waals surface area contributed by atoms with Gasteiger partial charge in [-0.1, -0.05) is 0 Å². The number of pyridine rings is 1. The van der Waals surface area contributed by atoms with Crippen molar-refractivity contribution in [3.8, 4) is 22.8 Å². The van der Waals surface area contributed by atoms with Crippen LogP contribution in [-0.4, -0.2) is 65.3 Å². The molecular weight excluding hydrogens is 414 g/mol. The largest absolute Gasteiger partial charge is 0.497 e. The quantitative estimate of drug-likeness (QED) is 0.565. The molecule has 1 aliphatic heterocycles. The Morgan fingerprint density at radius 3 is 2.42 bits per heavy atom. The molecule has 4 rings (SSSR count). The zero-order chi connectivity index (χ0) is 21.8. The average molecular weight is 442 g/mol. The highest BCUT2D eigenvalue weighted by atomic mass is 32.2. The van der Waals surface area contributed by atoms with Crippen LogP contribution in [0.25, 0.3) is 22.2 Å². The van der Waals surface area contributed by atoms with Crippen molar-refractivity contribution in [2.45, 2.75) is 0 Å². The predicted molar refractivity (Wildman–Crippen MR) is 124 cm³/mol. The highest BCUT2D eigenvalue weighted by Crippen LogP contribution is 2.34. The Balaban J connectivity index is 1.71. The number of hydrogen-bond donors (Lipinski definition) is 1. The van der Waals surface area contributed by atoms with Crippen LogP contribution in [0.3, 0.4) is 0 Å². The molecule has 0 amide bonds. The summed E-state index contributed by atoms with van der Waals surface area (Å²) in [6.45, 7) is 2.34. The monoisotopic (exact) mass is 441 g/mol. The summed E-state index contributed by atoms with van der Waals surface area (Å²) >= 11 is 0. The van der Waals surface area contributed by atoms with Crippen molar-refractivity contribution in [3.63, 3.8) is 0 Å². The summed E-state index contributed by atoms with van der Waals surface area (Å²) in [6.07, 6.45) is 0. The van der Waals surface area contributed by atoms with E-state index in [0.717, 1.165) is 45.9 Å². The lowest BCUT2D eigenvalue weighted by atomic mass is 10.1. The zero-order valence-corrected chi connectivity index (χ0v) is 18.6. The van der Waals surface area contributed by atoms with Gasteiger partial charge in [-0.3, -0.25) is 0 Å². The molecule has 0 radical (unpaired) electrons. The van der Waals surface area contributed by atoms with Crippen LogP contribution in [0.2, 0.25) is 0 Å². The number of nitrogens with one attached hydrogen (secondary N) is 1. The molecule has 164 valence electrons. The Bertz CT molecular complexity index is 1150. The van der Waals surface area contributed by atoms with Gasteiger partial charge in [0.2, 0.25) is 0 Å². The molecule has 2 aromatic carbocycles. The number of likely N-dealkylation sites (N-methyl/N-ethyl adjacent to an activating group) is 1. The second kappa shape index (κ2) is 9.11. The molecule has 1 aliphatic rings. The van der Waals surface area contributed by atoms with E-state index in [1.54, 1.807) is 7.11 Å². The van der Waals surface area contributed by atoms with Crippen molar-refractivity contribution in [3.05, 3.63) is 48.5 Å². The molecule has 2 heterocycles. The number of rotatable bonds is 7. The fourth-order valence-corrected chi connectivity index (χ4v) is 4.87. The second-order valence-corrected chi connectivity index (χ2v) is 9.83. The number of aromatic nitrogens is 1. The van der Waals surface area contributed by atoms with Crippen LogP contribution in [0.5, 0.6) is 11.5 Å². The molecule has 7 nitrogen and oxygen atoms in total. The third-order valence-corrected chi connectivity index (χ3v) is 7.06. The van der Waals surface area contributed by atoms with E-state index in [4.69, 9.17) is 14.5 Å². The minimum absolute atomic E-state index is 0.168. The summed E-state index contributed by atoms with van der Waals surface area (Å²) in [7, 11) is 0.564. The van der Waals surface area contributed by atoms with Crippen LogP contribution in [0.4, 0.5) is 5.69 Å². The van der Waals surface area contributed by atoms with Gasteiger partial charge in [-0.05, 0) is 49.5 Å². The summed E-state index contributed by atoms with van der Waals surface area (Å²) in [5, 5.41) is 4.04. The van der Waals surface area contributed by atoms with Gasteiger partial charge in [0.25, 0.3) is 0 Å². The summed E-state index contributed by atoms with van der Waals surface area (Å²) < 4.78 is 34.9. The summed E-state index contributed by atoms with van der Waals surface area (Å²) in [4.78, 5) is 7.00. The number of benzene rings is 2. The van der Waals surface area contributed by atoms with E-state index in [1.165, 1.54) is 0 Å². The Kier molecular flexibility index (Phi) is 6.29. The van der Waals surface area contributed by atoms with Crippen LogP contribution in [-0.2, 0) is 9.84 Å². The Labute approximate surface area is 182 Å². The van der Waals surface area contributed by atoms with E-state index in [0.29, 0.717) is 19.7 Å². The van der Waals surface area contributed by atoms with Crippen molar-refractivity contribution in [1.29, 1.82) is 0 Å². The summed E-state index contributed by atoms with van der Waals surface area (Å²) in [6, 6.07) is 15.7. The zero-order valence-electron chi connectivity index (χ0n) is 17.8. The lowest BCUT2D eigenvalue weighted by Crippen LogP contribution is -2.40. The fraction of sp³-hybridized carbons (Fsp3) is 0.348. The van der Waals surface area contributed by atoms with Crippen LogP contribution in [0.15, 0.2) is 48.5 Å². The molecule has 3 aromatic rings. The van der Waals surface area contributed by atoms with E-state index in [1.807, 2.05) is 55.6 Å². The Hall–Kier alpha value is -2.84. The summed E-state index contributed by atoms with van der Waals surface area (Å²) in [5.41, 5.74) is 3.60. The highest BCUT2D eigenvalue weighted by molar-refractivity contribution is 7.91. The molecular formula is C23H27N3O4S. The van der Waals surface area contributed by atoms with Crippen LogP contribution in [0, 0.1) is 0 Å². The van der Waals surface area contributed by atoms with Crippen molar-refractivity contribution < 1.29 is 17.9 Å².